The van der Waals surface area contributed by atoms with E-state index in [1.54, 1.807) is 80.1 Å². The van der Waals surface area contributed by atoms with Gasteiger partial charge in [-0.2, -0.15) is 5.26 Å². The van der Waals surface area contributed by atoms with Crippen molar-refractivity contribution in [3.8, 4) is 17.3 Å². The van der Waals surface area contributed by atoms with Crippen LogP contribution in [-0.4, -0.2) is 33.5 Å². The van der Waals surface area contributed by atoms with E-state index in [1.807, 2.05) is 4.40 Å². The number of carbonyl (C=O) groups excluding carboxylic acids is 1. The summed E-state index contributed by atoms with van der Waals surface area (Å²) in [6.07, 6.45) is 2.30. The Morgan fingerprint density at radius 2 is 1.77 bits per heavy atom. The highest BCUT2D eigenvalue weighted by atomic mass is 16.4. The molecule has 4 aromatic rings. The quantitative estimate of drug-likeness (QED) is 0.522. The molecular formula is C23H17N5O3. The van der Waals surface area contributed by atoms with Crippen molar-refractivity contribution in [2.24, 2.45) is 0 Å². The van der Waals surface area contributed by atoms with Crippen LogP contribution in [0.15, 0.2) is 73.1 Å². The highest BCUT2D eigenvalue weighted by Gasteiger charge is 2.16. The van der Waals surface area contributed by atoms with Crippen LogP contribution in [0.5, 0.6) is 0 Å². The van der Waals surface area contributed by atoms with Gasteiger partial charge in [-0.3, -0.25) is 14.5 Å². The zero-order valence-corrected chi connectivity index (χ0v) is 16.5. The van der Waals surface area contributed by atoms with Gasteiger partial charge in [0, 0.05) is 30.2 Å². The first kappa shape index (κ1) is 19.7. The zero-order chi connectivity index (χ0) is 22.0. The van der Waals surface area contributed by atoms with Gasteiger partial charge in [-0.05, 0) is 48.5 Å². The van der Waals surface area contributed by atoms with E-state index in [-0.39, 0.29) is 5.91 Å². The number of hydrogen-bond acceptors (Lipinski definition) is 4. The van der Waals surface area contributed by atoms with Crippen molar-refractivity contribution in [1.29, 1.82) is 5.26 Å². The smallest absolute Gasteiger partial charge is 0.409 e. The molecule has 2 N–H and O–H groups in total. The van der Waals surface area contributed by atoms with E-state index in [1.165, 1.54) is 4.90 Å². The molecule has 152 valence electrons. The summed E-state index contributed by atoms with van der Waals surface area (Å²) in [5.41, 5.74) is 4.42. The minimum absolute atomic E-state index is 0.202. The second-order valence-corrected chi connectivity index (χ2v) is 6.82. The molecule has 0 unspecified atom stereocenters. The normalized spacial score (nSPS) is 10.5. The monoisotopic (exact) mass is 411 g/mol. The molecule has 2 amide bonds. The Morgan fingerprint density at radius 1 is 1.06 bits per heavy atom. The number of carboxylic acid groups (broad SMARTS) is 1. The number of amides is 2. The molecule has 0 atom stereocenters. The number of pyridine rings is 1. The van der Waals surface area contributed by atoms with Gasteiger partial charge in [0.15, 0.2) is 0 Å². The third-order valence-corrected chi connectivity index (χ3v) is 4.87. The van der Waals surface area contributed by atoms with Gasteiger partial charge in [-0.1, -0.05) is 12.1 Å². The summed E-state index contributed by atoms with van der Waals surface area (Å²) in [6.45, 7) is 0. The summed E-state index contributed by atoms with van der Waals surface area (Å²) in [4.78, 5) is 29.7. The van der Waals surface area contributed by atoms with Crippen LogP contribution in [-0.2, 0) is 0 Å². The fraction of sp³-hybridized carbons (Fsp3) is 0.0435. The number of hydrogen-bond donors (Lipinski definition) is 2. The highest BCUT2D eigenvalue weighted by molar-refractivity contribution is 6.05. The summed E-state index contributed by atoms with van der Waals surface area (Å²) in [5.74, 6) is -0.202. The number of imidazole rings is 1. The van der Waals surface area contributed by atoms with Crippen molar-refractivity contribution >= 4 is 29.0 Å². The average molecular weight is 411 g/mol. The van der Waals surface area contributed by atoms with Crippen molar-refractivity contribution in [3.63, 3.8) is 0 Å². The lowest BCUT2D eigenvalue weighted by atomic mass is 10.1. The number of nitriles is 1. The van der Waals surface area contributed by atoms with Crippen LogP contribution in [0.25, 0.3) is 16.9 Å². The average Bonchev–Trinajstić information content (AvgIpc) is 3.21. The van der Waals surface area contributed by atoms with Gasteiger partial charge in [-0.25, -0.2) is 9.78 Å². The van der Waals surface area contributed by atoms with E-state index in [0.29, 0.717) is 28.1 Å². The van der Waals surface area contributed by atoms with Gasteiger partial charge < -0.3 is 10.0 Å². The van der Waals surface area contributed by atoms with Crippen LogP contribution < -0.4 is 10.2 Å². The van der Waals surface area contributed by atoms with Crippen LogP contribution in [0, 0.1) is 11.3 Å². The van der Waals surface area contributed by atoms with Crippen molar-refractivity contribution in [1.82, 2.24) is 9.38 Å². The molecule has 0 saturated heterocycles. The molecule has 0 bridgehead atoms. The van der Waals surface area contributed by atoms with Crippen LogP contribution in [0.2, 0.25) is 0 Å². The van der Waals surface area contributed by atoms with Crippen LogP contribution in [0.3, 0.4) is 0 Å². The van der Waals surface area contributed by atoms with E-state index in [4.69, 9.17) is 10.4 Å². The van der Waals surface area contributed by atoms with Gasteiger partial charge in [0.25, 0.3) is 5.91 Å². The highest BCUT2D eigenvalue weighted by Crippen LogP contribution is 2.24. The molecule has 0 aliphatic carbocycles. The number of fused-ring (bicyclic) bond motifs is 1. The van der Waals surface area contributed by atoms with Gasteiger partial charge >= 0.3 is 6.09 Å². The Kier molecular flexibility index (Phi) is 5.08. The predicted octanol–water partition coefficient (Wildman–Crippen LogP) is 4.24. The van der Waals surface area contributed by atoms with E-state index in [2.05, 4.69) is 16.4 Å². The van der Waals surface area contributed by atoms with E-state index in [9.17, 15) is 9.59 Å². The second-order valence-electron chi connectivity index (χ2n) is 6.82. The van der Waals surface area contributed by atoms with Gasteiger partial charge in [0.2, 0.25) is 0 Å². The summed E-state index contributed by atoms with van der Waals surface area (Å²) in [6, 6.07) is 19.2. The Bertz CT molecular complexity index is 1320. The Hall–Kier alpha value is -4.64. The fourth-order valence-electron chi connectivity index (χ4n) is 3.24. The molecule has 31 heavy (non-hydrogen) atoms. The standard InChI is InChI=1S/C23H17N5O3/c1-27(19-9-2-15(12-24)3-10-19)22(29)17-6-11-21-25-13-20(28(21)14-17)16-4-7-18(8-5-16)26-23(30)31/h2-11,13-14,26H,1H3,(H,30,31). The third-order valence-electron chi connectivity index (χ3n) is 4.87. The van der Waals surface area contributed by atoms with Gasteiger partial charge in [-0.15, -0.1) is 0 Å². The Labute approximate surface area is 177 Å². The molecule has 8 heteroatoms. The maximum atomic E-state index is 13.0. The van der Waals surface area contributed by atoms with Crippen molar-refractivity contribution in [3.05, 3.63) is 84.2 Å². The molecule has 2 aromatic carbocycles. The largest absolute Gasteiger partial charge is 0.465 e. The number of nitrogens with zero attached hydrogens (tertiary/aromatic N) is 4. The molecule has 8 nitrogen and oxygen atoms in total. The molecular weight excluding hydrogens is 394 g/mol. The van der Waals surface area contributed by atoms with Crippen LogP contribution in [0.1, 0.15) is 15.9 Å². The van der Waals surface area contributed by atoms with Crippen molar-refractivity contribution in [2.45, 2.75) is 0 Å². The fourth-order valence-corrected chi connectivity index (χ4v) is 3.24. The Balaban J connectivity index is 1.65. The minimum Gasteiger partial charge on any atom is -0.465 e. The molecule has 0 aliphatic heterocycles. The van der Waals surface area contributed by atoms with E-state index < -0.39 is 6.09 Å². The molecule has 0 radical (unpaired) electrons. The Morgan fingerprint density at radius 3 is 2.42 bits per heavy atom. The summed E-state index contributed by atoms with van der Waals surface area (Å²) in [7, 11) is 1.68. The molecule has 0 fully saturated rings. The zero-order valence-electron chi connectivity index (χ0n) is 16.5. The number of carbonyl (C=O) groups is 2. The maximum absolute atomic E-state index is 13.0. The first-order valence-corrected chi connectivity index (χ1v) is 9.32. The van der Waals surface area contributed by atoms with Crippen LogP contribution in [0.4, 0.5) is 16.2 Å². The molecule has 0 saturated carbocycles. The number of rotatable bonds is 4. The first-order valence-electron chi connectivity index (χ1n) is 9.32. The second kappa shape index (κ2) is 8.00. The molecule has 0 aliphatic rings. The molecule has 0 spiro atoms. The predicted molar refractivity (Wildman–Crippen MR) is 116 cm³/mol. The van der Waals surface area contributed by atoms with E-state index >= 15 is 0 Å². The molecule has 2 heterocycles. The number of aromatic nitrogens is 2. The number of benzene rings is 2. The summed E-state index contributed by atoms with van der Waals surface area (Å²) in [5, 5.41) is 20.1. The first-order chi connectivity index (χ1) is 15.0. The maximum Gasteiger partial charge on any atom is 0.409 e. The van der Waals surface area contributed by atoms with Gasteiger partial charge in [0.05, 0.1) is 29.1 Å². The van der Waals surface area contributed by atoms with Crippen molar-refractivity contribution < 1.29 is 14.7 Å². The lowest BCUT2D eigenvalue weighted by molar-refractivity contribution is 0.0992. The topological polar surface area (TPSA) is 111 Å². The van der Waals surface area contributed by atoms with E-state index in [0.717, 1.165) is 11.3 Å². The van der Waals surface area contributed by atoms with Crippen LogP contribution >= 0.6 is 0 Å². The minimum atomic E-state index is -1.13. The SMILES string of the molecule is CN(C(=O)c1ccc2ncc(-c3ccc(NC(=O)O)cc3)n2c1)c1ccc(C#N)cc1. The molecule has 4 rings (SSSR count). The lowest BCUT2D eigenvalue weighted by Crippen LogP contribution is -2.26. The lowest BCUT2D eigenvalue weighted by Gasteiger charge is -2.17. The molecule has 2 aromatic heterocycles. The number of nitrogens with one attached hydrogen (secondary N) is 1. The summed E-state index contributed by atoms with van der Waals surface area (Å²) < 4.78 is 1.82. The number of anilines is 2. The third kappa shape index (κ3) is 3.93. The summed E-state index contributed by atoms with van der Waals surface area (Å²) >= 11 is 0. The van der Waals surface area contributed by atoms with Crippen molar-refractivity contribution in [2.75, 3.05) is 17.3 Å². The van der Waals surface area contributed by atoms with Gasteiger partial charge in [0.1, 0.15) is 5.65 Å².